The summed E-state index contributed by atoms with van der Waals surface area (Å²) in [6, 6.07) is 4.89. The minimum absolute atomic E-state index is 0.111. The van der Waals surface area contributed by atoms with Crippen LogP contribution in [-0.2, 0) is 19.3 Å². The van der Waals surface area contributed by atoms with Crippen molar-refractivity contribution < 1.29 is 43.1 Å². The van der Waals surface area contributed by atoms with Gasteiger partial charge in [-0.05, 0) is 17.7 Å². The fourth-order valence-corrected chi connectivity index (χ4v) is 4.40. The van der Waals surface area contributed by atoms with Crippen molar-refractivity contribution in [2.45, 2.75) is 35.5 Å². The molecule has 3 rings (SSSR count). The summed E-state index contributed by atoms with van der Waals surface area (Å²) in [5.41, 5.74) is 0.487. The molecule has 0 aromatic heterocycles. The Hall–Kier alpha value is -2.02. The van der Waals surface area contributed by atoms with Crippen molar-refractivity contribution in [1.29, 1.82) is 0 Å². The number of benzene rings is 1. The monoisotopic (exact) mass is 401 g/mol. The van der Waals surface area contributed by atoms with E-state index in [1.54, 1.807) is 18.2 Å². The van der Waals surface area contributed by atoms with Crippen LogP contribution < -0.4 is 5.32 Å². The number of fused-ring (bicyclic) bond motifs is 1. The molecule has 1 saturated heterocycles. The maximum Gasteiger partial charge on any atom is 0.407 e. The molecule has 0 spiro atoms. The van der Waals surface area contributed by atoms with Crippen LogP contribution in [-0.4, -0.2) is 78.8 Å². The summed E-state index contributed by atoms with van der Waals surface area (Å²) in [6.07, 6.45) is -5.82. The summed E-state index contributed by atoms with van der Waals surface area (Å²) >= 11 is 0. The van der Waals surface area contributed by atoms with Gasteiger partial charge in [0.2, 0.25) is 9.84 Å². The number of alkyl carbamates (subject to hydrolysis) is 1. The number of nitrogens with one attached hydrogen (secondary N) is 1. The van der Waals surface area contributed by atoms with E-state index < -0.39 is 59.8 Å². The highest BCUT2D eigenvalue weighted by molar-refractivity contribution is 7.95. The predicted octanol–water partition coefficient (Wildman–Crippen LogP) is -1.66. The first kappa shape index (κ1) is 19.7. The van der Waals surface area contributed by atoms with Crippen molar-refractivity contribution in [3.05, 3.63) is 34.7 Å². The van der Waals surface area contributed by atoms with Gasteiger partial charge in [-0.15, -0.1) is 0 Å². The van der Waals surface area contributed by atoms with Gasteiger partial charge in [-0.2, -0.15) is 0 Å². The molecule has 0 radical (unpaired) electrons. The van der Waals surface area contributed by atoms with Crippen LogP contribution in [0.2, 0.25) is 0 Å². The van der Waals surface area contributed by atoms with Crippen LogP contribution >= 0.6 is 0 Å². The molecular formula is C16H19NO9S. The molecule has 0 aliphatic carbocycles. The summed E-state index contributed by atoms with van der Waals surface area (Å²) < 4.78 is 34.5. The van der Waals surface area contributed by atoms with Crippen LogP contribution in [0.25, 0.3) is 6.08 Å². The van der Waals surface area contributed by atoms with Crippen LogP contribution in [0.1, 0.15) is 5.56 Å². The third kappa shape index (κ3) is 3.70. The van der Waals surface area contributed by atoms with E-state index in [1.165, 1.54) is 12.1 Å². The largest absolute Gasteiger partial charge is 0.444 e. The highest BCUT2D eigenvalue weighted by Gasteiger charge is 2.44. The lowest BCUT2D eigenvalue weighted by atomic mass is 9.97. The second-order valence-corrected chi connectivity index (χ2v) is 8.10. The maximum absolute atomic E-state index is 12.4. The molecule has 2 aliphatic heterocycles. The van der Waals surface area contributed by atoms with Crippen molar-refractivity contribution >= 4 is 22.0 Å². The van der Waals surface area contributed by atoms with Crippen molar-refractivity contribution in [2.75, 3.05) is 13.2 Å². The third-order valence-electron chi connectivity index (χ3n) is 4.40. The maximum atomic E-state index is 12.4. The van der Waals surface area contributed by atoms with Gasteiger partial charge < -0.3 is 35.2 Å². The number of amides is 1. The smallest absolute Gasteiger partial charge is 0.407 e. The second-order valence-electron chi connectivity index (χ2n) is 6.13. The Balaban J connectivity index is 1.61. The second kappa shape index (κ2) is 7.54. The van der Waals surface area contributed by atoms with E-state index in [2.05, 4.69) is 5.32 Å². The van der Waals surface area contributed by atoms with Crippen molar-refractivity contribution in [3.63, 3.8) is 0 Å². The van der Waals surface area contributed by atoms with E-state index in [0.717, 1.165) is 0 Å². The summed E-state index contributed by atoms with van der Waals surface area (Å²) in [6.45, 7) is -1.19. The zero-order valence-corrected chi connectivity index (χ0v) is 14.7. The lowest BCUT2D eigenvalue weighted by Gasteiger charge is -2.39. The average Bonchev–Trinajstić information content (AvgIpc) is 2.90. The quantitative estimate of drug-likeness (QED) is 0.397. The van der Waals surface area contributed by atoms with E-state index >= 15 is 0 Å². The average molecular weight is 401 g/mol. The van der Waals surface area contributed by atoms with Crippen molar-refractivity contribution in [3.8, 4) is 0 Å². The van der Waals surface area contributed by atoms with Crippen LogP contribution in [0, 0.1) is 0 Å². The van der Waals surface area contributed by atoms with E-state index in [9.17, 15) is 28.5 Å². The Morgan fingerprint density at radius 3 is 2.56 bits per heavy atom. The van der Waals surface area contributed by atoms with Gasteiger partial charge in [-0.3, -0.25) is 0 Å². The number of hydrogen-bond donors (Lipinski definition) is 5. The summed E-state index contributed by atoms with van der Waals surface area (Å²) in [5, 5.41) is 40.7. The lowest BCUT2D eigenvalue weighted by Crippen LogP contribution is -2.64. The number of hydrogen-bond acceptors (Lipinski definition) is 9. The number of aliphatic hydroxyl groups is 4. The molecule has 2 aliphatic rings. The van der Waals surface area contributed by atoms with Crippen molar-refractivity contribution in [1.82, 2.24) is 5.32 Å². The Bertz CT molecular complexity index is 853. The molecule has 11 heteroatoms. The van der Waals surface area contributed by atoms with E-state index in [-0.39, 0.29) is 9.80 Å². The molecule has 10 nitrogen and oxygen atoms in total. The summed E-state index contributed by atoms with van der Waals surface area (Å²) in [4.78, 5) is 11.9. The molecule has 1 amide bonds. The number of carbonyl (C=O) groups excluding carboxylic acids is 1. The Labute approximate surface area is 154 Å². The standard InChI is InChI=1S/C16H19NO9S/c18-6-10-13(19)14(20)12(15(21)26-10)17-16(22)25-7-9-5-8-3-1-2-4-11(8)27(9,23)24/h1-5,10,12-15,18-21H,6-7H2,(H,17,22). The normalized spacial score (nSPS) is 31.7. The minimum Gasteiger partial charge on any atom is -0.444 e. The van der Waals surface area contributed by atoms with Crippen LogP contribution in [0.4, 0.5) is 4.79 Å². The van der Waals surface area contributed by atoms with Crippen LogP contribution in [0.5, 0.6) is 0 Å². The van der Waals surface area contributed by atoms with E-state index in [1.807, 2.05) is 0 Å². The molecule has 0 bridgehead atoms. The molecule has 1 aromatic carbocycles. The van der Waals surface area contributed by atoms with Gasteiger partial charge in [0, 0.05) is 0 Å². The molecule has 1 fully saturated rings. The van der Waals surface area contributed by atoms with E-state index in [0.29, 0.717) is 5.56 Å². The number of ether oxygens (including phenoxy) is 2. The van der Waals surface area contributed by atoms with Gasteiger partial charge in [0.1, 0.15) is 31.0 Å². The zero-order valence-electron chi connectivity index (χ0n) is 13.9. The number of sulfone groups is 1. The van der Waals surface area contributed by atoms with Gasteiger partial charge in [-0.1, -0.05) is 18.2 Å². The molecule has 5 atom stereocenters. The van der Waals surface area contributed by atoms with Gasteiger partial charge in [0.05, 0.1) is 16.4 Å². The lowest BCUT2D eigenvalue weighted by molar-refractivity contribution is -0.253. The molecule has 2 heterocycles. The van der Waals surface area contributed by atoms with Gasteiger partial charge in [0.15, 0.2) is 6.29 Å². The molecular weight excluding hydrogens is 382 g/mol. The Morgan fingerprint density at radius 1 is 1.19 bits per heavy atom. The minimum atomic E-state index is -3.75. The number of rotatable bonds is 4. The van der Waals surface area contributed by atoms with Gasteiger partial charge >= 0.3 is 6.09 Å². The fraction of sp³-hybridized carbons (Fsp3) is 0.438. The molecule has 0 saturated carbocycles. The first-order valence-electron chi connectivity index (χ1n) is 8.04. The molecule has 5 N–H and O–H groups in total. The molecule has 27 heavy (non-hydrogen) atoms. The van der Waals surface area contributed by atoms with Crippen molar-refractivity contribution in [2.24, 2.45) is 0 Å². The first-order valence-corrected chi connectivity index (χ1v) is 9.52. The SMILES string of the molecule is O=C(NC1C(O)OC(CO)C(O)C1O)OCC1=Cc2ccccc2S1(=O)=O. The Kier molecular flexibility index (Phi) is 5.51. The number of aliphatic hydroxyl groups excluding tert-OH is 4. The highest BCUT2D eigenvalue weighted by atomic mass is 32.2. The van der Waals surface area contributed by atoms with E-state index in [4.69, 9.17) is 14.6 Å². The molecule has 5 unspecified atom stereocenters. The van der Waals surface area contributed by atoms with Crippen LogP contribution in [0.15, 0.2) is 34.1 Å². The van der Waals surface area contributed by atoms with Gasteiger partial charge in [0.25, 0.3) is 0 Å². The number of carbonyl (C=O) groups is 1. The zero-order chi connectivity index (χ0) is 19.8. The highest BCUT2D eigenvalue weighted by Crippen LogP contribution is 2.32. The van der Waals surface area contributed by atoms with Gasteiger partial charge in [-0.25, -0.2) is 13.2 Å². The van der Waals surface area contributed by atoms with Crippen LogP contribution in [0.3, 0.4) is 0 Å². The topological polar surface area (TPSA) is 163 Å². The third-order valence-corrected chi connectivity index (χ3v) is 6.28. The fourth-order valence-electron chi connectivity index (χ4n) is 2.92. The first-order chi connectivity index (χ1) is 12.8. The Morgan fingerprint density at radius 2 is 1.89 bits per heavy atom. The molecule has 1 aromatic rings. The summed E-state index contributed by atoms with van der Waals surface area (Å²) in [7, 11) is -3.75. The summed E-state index contributed by atoms with van der Waals surface area (Å²) in [5.74, 6) is 0. The predicted molar refractivity (Wildman–Crippen MR) is 89.9 cm³/mol. The molecule has 148 valence electrons.